The predicted molar refractivity (Wildman–Crippen MR) is 117 cm³/mol. The smallest absolute Gasteiger partial charge is 0.240 e. The number of rotatable bonds is 3. The summed E-state index contributed by atoms with van der Waals surface area (Å²) in [5.41, 5.74) is 4.26. The second-order valence-corrected chi connectivity index (χ2v) is 7.16. The van der Waals surface area contributed by atoms with Crippen LogP contribution in [0.15, 0.2) is 97.1 Å². The first kappa shape index (κ1) is 17.5. The van der Waals surface area contributed by atoms with E-state index in [0.29, 0.717) is 11.6 Å². The van der Waals surface area contributed by atoms with Gasteiger partial charge in [-0.2, -0.15) is 0 Å². The molecule has 0 atom stereocenters. The number of aromatic amines is 1. The number of hydrogen-bond donors (Lipinski definition) is 0. The quantitative estimate of drug-likeness (QED) is 0.371. The van der Waals surface area contributed by atoms with E-state index in [2.05, 4.69) is 63.5 Å². The summed E-state index contributed by atoms with van der Waals surface area (Å²) < 4.78 is 0. The van der Waals surface area contributed by atoms with Gasteiger partial charge in [0.25, 0.3) is 11.6 Å². The monoisotopic (exact) mass is 394 g/mol. The number of hydrogen-bond acceptors (Lipinski definition) is 2. The Morgan fingerprint density at radius 3 is 1.83 bits per heavy atom. The standard InChI is InChI=1S/C25H16ClN3/c26-25-28-23(20-13-10-19(11-14-20)17-6-2-1-3-7-17)27-24(29-25)22-15-12-18-8-4-5-9-21(18)16-22/h1-16H/p+1. The van der Waals surface area contributed by atoms with Crippen LogP contribution in [0.1, 0.15) is 0 Å². The van der Waals surface area contributed by atoms with Crippen LogP contribution < -0.4 is 4.98 Å². The summed E-state index contributed by atoms with van der Waals surface area (Å²) in [5.74, 6) is 1.38. The minimum atomic E-state index is 0.217. The van der Waals surface area contributed by atoms with Crippen LogP contribution in [0.4, 0.5) is 0 Å². The maximum atomic E-state index is 6.25. The van der Waals surface area contributed by atoms with Gasteiger partial charge in [-0.05, 0) is 57.8 Å². The topological polar surface area (TPSA) is 39.9 Å². The molecule has 0 aliphatic carbocycles. The molecule has 138 valence electrons. The normalized spacial score (nSPS) is 10.9. The first-order chi connectivity index (χ1) is 14.3. The van der Waals surface area contributed by atoms with E-state index in [1.807, 2.05) is 48.5 Å². The third-order valence-corrected chi connectivity index (χ3v) is 5.10. The molecule has 0 saturated carbocycles. The highest BCUT2D eigenvalue weighted by Crippen LogP contribution is 2.25. The summed E-state index contributed by atoms with van der Waals surface area (Å²) in [4.78, 5) is 12.1. The van der Waals surface area contributed by atoms with Gasteiger partial charge >= 0.3 is 5.28 Å². The Labute approximate surface area is 173 Å². The Kier molecular flexibility index (Phi) is 4.51. The van der Waals surface area contributed by atoms with Gasteiger partial charge in [0.15, 0.2) is 0 Å². The molecule has 0 fully saturated rings. The van der Waals surface area contributed by atoms with Crippen molar-refractivity contribution in [3.63, 3.8) is 0 Å². The molecule has 3 nitrogen and oxygen atoms in total. The minimum absolute atomic E-state index is 0.217. The van der Waals surface area contributed by atoms with Crippen LogP contribution in [-0.2, 0) is 0 Å². The highest BCUT2D eigenvalue weighted by atomic mass is 35.5. The molecule has 0 aliphatic heterocycles. The third kappa shape index (κ3) is 3.60. The van der Waals surface area contributed by atoms with E-state index in [-0.39, 0.29) is 5.28 Å². The van der Waals surface area contributed by atoms with Crippen molar-refractivity contribution in [2.75, 3.05) is 0 Å². The first-order valence-electron chi connectivity index (χ1n) is 9.38. The highest BCUT2D eigenvalue weighted by molar-refractivity contribution is 6.28. The molecular formula is C25H17ClN3+. The lowest BCUT2D eigenvalue weighted by atomic mass is 10.0. The summed E-state index contributed by atoms with van der Waals surface area (Å²) in [6.07, 6.45) is 0. The van der Waals surface area contributed by atoms with E-state index >= 15 is 0 Å². The Morgan fingerprint density at radius 1 is 0.517 bits per heavy atom. The summed E-state index contributed by atoms with van der Waals surface area (Å²) >= 11 is 6.25. The molecule has 0 bridgehead atoms. The van der Waals surface area contributed by atoms with E-state index < -0.39 is 0 Å². The van der Waals surface area contributed by atoms with Crippen LogP contribution >= 0.6 is 11.6 Å². The predicted octanol–water partition coefficient (Wildman–Crippen LogP) is 6.10. The summed E-state index contributed by atoms with van der Waals surface area (Å²) in [6.45, 7) is 0. The molecule has 4 aromatic carbocycles. The van der Waals surface area contributed by atoms with E-state index in [4.69, 9.17) is 11.6 Å². The van der Waals surface area contributed by atoms with Crippen LogP contribution in [0.5, 0.6) is 0 Å². The zero-order chi connectivity index (χ0) is 19.6. The van der Waals surface area contributed by atoms with Gasteiger partial charge in [-0.25, -0.2) is 4.98 Å². The molecule has 5 aromatic rings. The van der Waals surface area contributed by atoms with E-state index in [0.717, 1.165) is 22.1 Å². The molecule has 1 aromatic heterocycles. The van der Waals surface area contributed by atoms with Crippen molar-refractivity contribution < 1.29 is 4.98 Å². The molecule has 0 aliphatic rings. The largest absolute Gasteiger partial charge is 0.372 e. The summed E-state index contributed by atoms with van der Waals surface area (Å²) in [5, 5.41) is 2.56. The minimum Gasteiger partial charge on any atom is -0.240 e. The molecule has 4 heteroatoms. The molecule has 0 unspecified atom stereocenters. The van der Waals surface area contributed by atoms with Crippen molar-refractivity contribution in [3.8, 4) is 33.9 Å². The van der Waals surface area contributed by atoms with E-state index in [9.17, 15) is 0 Å². The zero-order valence-electron chi connectivity index (χ0n) is 15.5. The Morgan fingerprint density at radius 2 is 1.07 bits per heavy atom. The van der Waals surface area contributed by atoms with Crippen molar-refractivity contribution in [1.29, 1.82) is 0 Å². The number of halogens is 1. The molecule has 0 radical (unpaired) electrons. The van der Waals surface area contributed by atoms with Crippen LogP contribution in [0.25, 0.3) is 44.7 Å². The fourth-order valence-electron chi connectivity index (χ4n) is 3.44. The number of aromatic nitrogens is 3. The van der Waals surface area contributed by atoms with Gasteiger partial charge < -0.3 is 0 Å². The summed E-state index contributed by atoms with van der Waals surface area (Å²) in [6, 6.07) is 33.0. The van der Waals surface area contributed by atoms with Crippen molar-refractivity contribution in [3.05, 3.63) is 102 Å². The summed E-state index contributed by atoms with van der Waals surface area (Å²) in [7, 11) is 0. The molecule has 5 rings (SSSR count). The van der Waals surface area contributed by atoms with Crippen molar-refractivity contribution in [2.24, 2.45) is 0 Å². The highest BCUT2D eigenvalue weighted by Gasteiger charge is 2.17. The van der Waals surface area contributed by atoms with E-state index in [1.54, 1.807) is 0 Å². The molecular weight excluding hydrogens is 378 g/mol. The van der Waals surface area contributed by atoms with Crippen molar-refractivity contribution >= 4 is 22.4 Å². The van der Waals surface area contributed by atoms with Gasteiger partial charge in [-0.1, -0.05) is 82.8 Å². The fourth-order valence-corrected chi connectivity index (χ4v) is 3.61. The molecule has 0 saturated heterocycles. The van der Waals surface area contributed by atoms with Crippen LogP contribution in [0.3, 0.4) is 0 Å². The lowest BCUT2D eigenvalue weighted by molar-refractivity contribution is -0.359. The van der Waals surface area contributed by atoms with E-state index in [1.165, 1.54) is 10.9 Å². The Balaban J connectivity index is 1.53. The lowest BCUT2D eigenvalue weighted by Crippen LogP contribution is -2.16. The van der Waals surface area contributed by atoms with Crippen molar-refractivity contribution in [2.45, 2.75) is 0 Å². The average Bonchev–Trinajstić information content (AvgIpc) is 2.79. The molecule has 1 N–H and O–H groups in total. The second-order valence-electron chi connectivity index (χ2n) is 6.82. The van der Waals surface area contributed by atoms with Gasteiger partial charge in [0, 0.05) is 0 Å². The molecule has 1 heterocycles. The number of fused-ring (bicyclic) bond motifs is 1. The van der Waals surface area contributed by atoms with Gasteiger partial charge in [0.05, 0.1) is 11.1 Å². The van der Waals surface area contributed by atoms with Gasteiger partial charge in [0.2, 0.25) is 0 Å². The maximum absolute atomic E-state index is 6.25. The molecule has 0 amide bonds. The fraction of sp³-hybridized carbons (Fsp3) is 0. The van der Waals surface area contributed by atoms with Gasteiger partial charge in [0.1, 0.15) is 0 Å². The number of nitrogens with zero attached hydrogens (tertiary/aromatic N) is 2. The average molecular weight is 395 g/mol. The molecule has 0 spiro atoms. The Bertz CT molecular complexity index is 1300. The zero-order valence-corrected chi connectivity index (χ0v) is 16.3. The molecule has 29 heavy (non-hydrogen) atoms. The number of nitrogens with one attached hydrogen (secondary N) is 1. The van der Waals surface area contributed by atoms with Crippen LogP contribution in [0.2, 0.25) is 5.28 Å². The second kappa shape index (κ2) is 7.46. The lowest BCUT2D eigenvalue weighted by Gasteiger charge is -2.03. The third-order valence-electron chi connectivity index (χ3n) is 4.93. The SMILES string of the molecule is Clc1nc(-c2ccc(-c3ccccc3)cc2)[nH+]c(-c2ccc3ccccc3c2)n1. The number of H-pyrrole nitrogens is 1. The maximum Gasteiger partial charge on any atom is 0.372 e. The van der Waals surface area contributed by atoms with Crippen molar-refractivity contribution in [1.82, 2.24) is 9.97 Å². The van der Waals surface area contributed by atoms with Gasteiger partial charge in [-0.15, -0.1) is 0 Å². The Hall–Kier alpha value is -3.56. The first-order valence-corrected chi connectivity index (χ1v) is 9.76. The van der Waals surface area contributed by atoms with Gasteiger partial charge in [-0.3, -0.25) is 0 Å². The van der Waals surface area contributed by atoms with Crippen LogP contribution in [0, 0.1) is 0 Å². The number of benzene rings is 4. The van der Waals surface area contributed by atoms with Crippen LogP contribution in [-0.4, -0.2) is 9.97 Å².